The largest absolute Gasteiger partial charge is 0.363 e. The molecular weight excluding hydrogens is 270 g/mol. The number of aromatic nitrogens is 2. The zero-order chi connectivity index (χ0) is 14.5. The minimum atomic E-state index is 0.212. The van der Waals surface area contributed by atoms with Crippen LogP contribution < -0.4 is 16.6 Å². The number of aryl methyl sites for hydroxylation is 2. The van der Waals surface area contributed by atoms with Gasteiger partial charge in [0.05, 0.1) is 6.04 Å². The molecule has 20 heavy (non-hydrogen) atoms. The first-order chi connectivity index (χ1) is 9.62. The zero-order valence-corrected chi connectivity index (χ0v) is 12.9. The lowest BCUT2D eigenvalue weighted by Crippen LogP contribution is -2.13. The molecule has 2 aromatic heterocycles. The van der Waals surface area contributed by atoms with E-state index in [9.17, 15) is 0 Å². The number of nitrogens with one attached hydrogen (secondary N) is 2. The first-order valence-electron chi connectivity index (χ1n) is 6.79. The SMILES string of the molecule is CCCc1nc(NN)cc(NC(C)c2ccc(C)s2)n1. The number of thiophene rings is 1. The molecule has 2 rings (SSSR count). The van der Waals surface area contributed by atoms with E-state index in [1.807, 2.05) is 6.07 Å². The number of hydrogen-bond donors (Lipinski definition) is 3. The summed E-state index contributed by atoms with van der Waals surface area (Å²) in [5.41, 5.74) is 2.59. The Kier molecular flexibility index (Phi) is 4.92. The van der Waals surface area contributed by atoms with Gasteiger partial charge in [0, 0.05) is 22.2 Å². The molecule has 0 aliphatic heterocycles. The quantitative estimate of drug-likeness (QED) is 0.562. The van der Waals surface area contributed by atoms with E-state index in [1.165, 1.54) is 9.75 Å². The second-order valence-electron chi connectivity index (χ2n) is 4.76. The van der Waals surface area contributed by atoms with Crippen LogP contribution in [0.5, 0.6) is 0 Å². The molecule has 108 valence electrons. The van der Waals surface area contributed by atoms with Gasteiger partial charge in [-0.05, 0) is 32.4 Å². The third kappa shape index (κ3) is 3.68. The third-order valence-electron chi connectivity index (χ3n) is 2.95. The van der Waals surface area contributed by atoms with Gasteiger partial charge in [0.1, 0.15) is 17.5 Å². The maximum atomic E-state index is 5.46. The fourth-order valence-electron chi connectivity index (χ4n) is 1.96. The molecule has 0 radical (unpaired) electrons. The highest BCUT2D eigenvalue weighted by molar-refractivity contribution is 7.12. The first-order valence-corrected chi connectivity index (χ1v) is 7.61. The Morgan fingerprint density at radius 3 is 2.65 bits per heavy atom. The molecule has 0 aliphatic carbocycles. The Bertz CT molecular complexity index is 566. The number of hydrazine groups is 1. The van der Waals surface area contributed by atoms with E-state index < -0.39 is 0 Å². The maximum Gasteiger partial charge on any atom is 0.145 e. The average molecular weight is 291 g/mol. The molecule has 0 spiro atoms. The highest BCUT2D eigenvalue weighted by Gasteiger charge is 2.10. The van der Waals surface area contributed by atoms with E-state index in [-0.39, 0.29) is 6.04 Å². The maximum absolute atomic E-state index is 5.46. The van der Waals surface area contributed by atoms with Crippen LogP contribution in [-0.4, -0.2) is 9.97 Å². The Hall–Kier alpha value is -1.66. The molecule has 2 aromatic rings. The summed E-state index contributed by atoms with van der Waals surface area (Å²) in [5, 5.41) is 3.41. The summed E-state index contributed by atoms with van der Waals surface area (Å²) >= 11 is 1.79. The molecule has 6 heteroatoms. The van der Waals surface area contributed by atoms with Gasteiger partial charge in [0.15, 0.2) is 0 Å². The summed E-state index contributed by atoms with van der Waals surface area (Å²) in [6.07, 6.45) is 1.85. The lowest BCUT2D eigenvalue weighted by molar-refractivity contribution is 0.823. The summed E-state index contributed by atoms with van der Waals surface area (Å²) in [7, 11) is 0. The van der Waals surface area contributed by atoms with Gasteiger partial charge in [-0.25, -0.2) is 15.8 Å². The lowest BCUT2D eigenvalue weighted by atomic mass is 10.2. The Morgan fingerprint density at radius 2 is 2.05 bits per heavy atom. The fourth-order valence-corrected chi connectivity index (χ4v) is 2.84. The Balaban J connectivity index is 2.17. The van der Waals surface area contributed by atoms with Crippen LogP contribution >= 0.6 is 11.3 Å². The van der Waals surface area contributed by atoms with Crippen LogP contribution in [0.4, 0.5) is 11.6 Å². The van der Waals surface area contributed by atoms with Gasteiger partial charge < -0.3 is 10.7 Å². The van der Waals surface area contributed by atoms with E-state index in [0.29, 0.717) is 5.82 Å². The molecule has 0 fully saturated rings. The second-order valence-corrected chi connectivity index (χ2v) is 6.08. The van der Waals surface area contributed by atoms with Crippen molar-refractivity contribution in [1.29, 1.82) is 0 Å². The van der Waals surface area contributed by atoms with Crippen LogP contribution in [0.3, 0.4) is 0 Å². The summed E-state index contributed by atoms with van der Waals surface area (Å²) in [6.45, 7) is 6.35. The molecule has 1 unspecified atom stereocenters. The fraction of sp³-hybridized carbons (Fsp3) is 0.429. The highest BCUT2D eigenvalue weighted by Crippen LogP contribution is 2.25. The van der Waals surface area contributed by atoms with E-state index in [4.69, 9.17) is 5.84 Å². The van der Waals surface area contributed by atoms with Crippen LogP contribution in [0.1, 0.15) is 41.9 Å². The van der Waals surface area contributed by atoms with Gasteiger partial charge in [-0.15, -0.1) is 11.3 Å². The van der Waals surface area contributed by atoms with Gasteiger partial charge in [0.2, 0.25) is 0 Å². The standard InChI is InChI=1S/C14H21N5S/c1-4-5-12-17-13(8-14(18-12)19-15)16-10(3)11-7-6-9(2)20-11/h6-8,10H,4-5,15H2,1-3H3,(H2,16,17,18,19). The molecular formula is C14H21N5S. The number of nitrogens with zero attached hydrogens (tertiary/aromatic N) is 2. The topological polar surface area (TPSA) is 75.9 Å². The molecule has 0 aliphatic rings. The van der Waals surface area contributed by atoms with Crippen molar-refractivity contribution in [1.82, 2.24) is 9.97 Å². The van der Waals surface area contributed by atoms with E-state index in [2.05, 4.69) is 53.6 Å². The minimum absolute atomic E-state index is 0.212. The van der Waals surface area contributed by atoms with Crippen molar-refractivity contribution in [2.45, 2.75) is 39.7 Å². The second kappa shape index (κ2) is 6.67. The van der Waals surface area contributed by atoms with E-state index in [0.717, 1.165) is 24.5 Å². The van der Waals surface area contributed by atoms with Crippen molar-refractivity contribution in [2.24, 2.45) is 5.84 Å². The van der Waals surface area contributed by atoms with Crippen LogP contribution in [0.2, 0.25) is 0 Å². The molecule has 4 N–H and O–H groups in total. The van der Waals surface area contributed by atoms with Gasteiger partial charge in [0.25, 0.3) is 0 Å². The molecule has 0 bridgehead atoms. The number of nitrogens with two attached hydrogens (primary N) is 1. The number of anilines is 2. The first kappa shape index (κ1) is 14.7. The smallest absolute Gasteiger partial charge is 0.145 e. The number of nitrogen functional groups attached to an aromatic ring is 1. The van der Waals surface area contributed by atoms with Crippen molar-refractivity contribution in [3.63, 3.8) is 0 Å². The highest BCUT2D eigenvalue weighted by atomic mass is 32.1. The summed E-state index contributed by atoms with van der Waals surface area (Å²) in [6, 6.07) is 6.32. The lowest BCUT2D eigenvalue weighted by Gasteiger charge is -2.14. The summed E-state index contributed by atoms with van der Waals surface area (Å²) < 4.78 is 0. The number of hydrogen-bond acceptors (Lipinski definition) is 6. The van der Waals surface area contributed by atoms with Crippen molar-refractivity contribution in [3.05, 3.63) is 33.8 Å². The molecule has 5 nitrogen and oxygen atoms in total. The Morgan fingerprint density at radius 1 is 1.30 bits per heavy atom. The molecule has 2 heterocycles. The number of rotatable bonds is 6. The van der Waals surface area contributed by atoms with E-state index in [1.54, 1.807) is 11.3 Å². The third-order valence-corrected chi connectivity index (χ3v) is 4.13. The van der Waals surface area contributed by atoms with Crippen molar-refractivity contribution < 1.29 is 0 Å². The zero-order valence-electron chi connectivity index (χ0n) is 12.1. The van der Waals surface area contributed by atoms with Gasteiger partial charge in [-0.3, -0.25) is 0 Å². The van der Waals surface area contributed by atoms with Gasteiger partial charge in [-0.1, -0.05) is 6.92 Å². The Labute approximate surface area is 123 Å². The summed E-state index contributed by atoms with van der Waals surface area (Å²) in [4.78, 5) is 11.5. The van der Waals surface area contributed by atoms with Crippen LogP contribution in [0.15, 0.2) is 18.2 Å². The van der Waals surface area contributed by atoms with E-state index >= 15 is 0 Å². The van der Waals surface area contributed by atoms with Gasteiger partial charge in [-0.2, -0.15) is 0 Å². The normalized spacial score (nSPS) is 12.2. The monoisotopic (exact) mass is 291 g/mol. The summed E-state index contributed by atoms with van der Waals surface area (Å²) in [5.74, 6) is 7.71. The van der Waals surface area contributed by atoms with Crippen molar-refractivity contribution >= 4 is 23.0 Å². The van der Waals surface area contributed by atoms with Crippen LogP contribution in [-0.2, 0) is 6.42 Å². The minimum Gasteiger partial charge on any atom is -0.363 e. The van der Waals surface area contributed by atoms with Crippen LogP contribution in [0, 0.1) is 6.92 Å². The molecule has 0 aromatic carbocycles. The molecule has 0 amide bonds. The molecule has 0 saturated carbocycles. The predicted octanol–water partition coefficient (Wildman–Crippen LogP) is 3.26. The van der Waals surface area contributed by atoms with Crippen molar-refractivity contribution in [3.8, 4) is 0 Å². The van der Waals surface area contributed by atoms with Crippen LogP contribution in [0.25, 0.3) is 0 Å². The van der Waals surface area contributed by atoms with Gasteiger partial charge >= 0.3 is 0 Å². The predicted molar refractivity (Wildman–Crippen MR) is 84.9 cm³/mol. The molecule has 1 atom stereocenters. The van der Waals surface area contributed by atoms with Crippen molar-refractivity contribution in [2.75, 3.05) is 10.7 Å². The average Bonchev–Trinajstić information content (AvgIpc) is 2.85. The molecule has 0 saturated heterocycles.